The van der Waals surface area contributed by atoms with E-state index in [1.165, 1.54) is 4.72 Å². The molecule has 0 bridgehead atoms. The van der Waals surface area contributed by atoms with Gasteiger partial charge in [-0.3, -0.25) is 0 Å². The van der Waals surface area contributed by atoms with Crippen molar-refractivity contribution in [3.8, 4) is 0 Å². The molecule has 0 saturated carbocycles. The molecule has 10 heteroatoms. The van der Waals surface area contributed by atoms with Crippen LogP contribution in [0.15, 0.2) is 5.16 Å². The lowest BCUT2D eigenvalue weighted by Crippen LogP contribution is -2.49. The topological polar surface area (TPSA) is 82.0 Å². The fraction of sp³-hybridized carbons (Fsp3) is 0.875. The summed E-state index contributed by atoms with van der Waals surface area (Å²) in [6, 6.07) is 0. The Bertz CT molecular complexity index is 421. The molecule has 0 aliphatic carbocycles. The maximum atomic E-state index is 11.9. The van der Waals surface area contributed by atoms with Gasteiger partial charge in [0.05, 0.1) is 5.71 Å². The molecule has 1 atom stereocenters. The number of piperidine rings is 1. The van der Waals surface area contributed by atoms with Gasteiger partial charge < -0.3 is 5.21 Å². The second-order valence-corrected chi connectivity index (χ2v) is 5.80. The number of hydrogen-bond acceptors (Lipinski definition) is 4. The Balaban J connectivity index is 2.65. The van der Waals surface area contributed by atoms with Gasteiger partial charge in [-0.15, -0.1) is 0 Å². The Hall–Kier alpha value is -0.870. The first-order valence-electron chi connectivity index (χ1n) is 5.18. The molecule has 1 aliphatic heterocycles. The minimum atomic E-state index is -4.59. The zero-order valence-electron chi connectivity index (χ0n) is 9.61. The predicted octanol–water partition coefficient (Wildman–Crippen LogP) is 0.555. The summed E-state index contributed by atoms with van der Waals surface area (Å²) in [6.45, 7) is 0.0329. The smallest absolute Gasteiger partial charge is 0.402 e. The number of oxime groups is 1. The van der Waals surface area contributed by atoms with Crippen molar-refractivity contribution in [1.29, 1.82) is 0 Å². The van der Waals surface area contributed by atoms with Crippen molar-refractivity contribution in [3.63, 3.8) is 0 Å². The molecule has 1 unspecified atom stereocenters. The molecule has 0 spiro atoms. The van der Waals surface area contributed by atoms with Gasteiger partial charge >= 0.3 is 6.18 Å². The predicted molar refractivity (Wildman–Crippen MR) is 57.6 cm³/mol. The Morgan fingerprint density at radius 2 is 2.17 bits per heavy atom. The first kappa shape index (κ1) is 15.2. The second kappa shape index (κ2) is 5.41. The highest BCUT2D eigenvalue weighted by Gasteiger charge is 2.34. The van der Waals surface area contributed by atoms with Crippen LogP contribution in [0.25, 0.3) is 0 Å². The van der Waals surface area contributed by atoms with Crippen molar-refractivity contribution in [2.45, 2.75) is 19.5 Å². The van der Waals surface area contributed by atoms with Crippen molar-refractivity contribution in [3.05, 3.63) is 0 Å². The molecule has 1 rings (SSSR count). The van der Waals surface area contributed by atoms with Gasteiger partial charge in [-0.1, -0.05) is 12.1 Å². The van der Waals surface area contributed by atoms with E-state index in [9.17, 15) is 21.6 Å². The van der Waals surface area contributed by atoms with Crippen LogP contribution in [0.3, 0.4) is 0 Å². The van der Waals surface area contributed by atoms with E-state index in [2.05, 4.69) is 5.16 Å². The molecule has 6 nitrogen and oxygen atoms in total. The fourth-order valence-electron chi connectivity index (χ4n) is 1.62. The summed E-state index contributed by atoms with van der Waals surface area (Å²) in [6.07, 6.45) is -4.39. The number of nitrogens with zero attached hydrogens (tertiary/aromatic N) is 2. The van der Waals surface area contributed by atoms with Crippen molar-refractivity contribution >= 4 is 15.9 Å². The molecular formula is C8H14F3N3O3S. The lowest BCUT2D eigenvalue weighted by molar-refractivity contribution is -0.121. The average Bonchev–Trinajstić information content (AvgIpc) is 2.25. The molecule has 2 N–H and O–H groups in total. The molecule has 0 aromatic carbocycles. The Morgan fingerprint density at radius 1 is 1.56 bits per heavy atom. The summed E-state index contributed by atoms with van der Waals surface area (Å²) in [5.74, 6) is -0.328. The number of nitrogens with one attached hydrogen (secondary N) is 1. The van der Waals surface area contributed by atoms with Gasteiger partial charge in [0.1, 0.15) is 6.54 Å². The first-order valence-corrected chi connectivity index (χ1v) is 6.62. The summed E-state index contributed by atoms with van der Waals surface area (Å²) < 4.78 is 61.4. The van der Waals surface area contributed by atoms with Crippen LogP contribution in [-0.2, 0) is 10.2 Å². The first-order chi connectivity index (χ1) is 8.15. The van der Waals surface area contributed by atoms with Crippen LogP contribution >= 0.6 is 0 Å². The van der Waals surface area contributed by atoms with Crippen molar-refractivity contribution in [2.75, 3.05) is 19.6 Å². The maximum Gasteiger partial charge on any atom is 0.402 e. The molecule has 0 amide bonds. The van der Waals surface area contributed by atoms with E-state index in [0.29, 0.717) is 5.71 Å². The summed E-state index contributed by atoms with van der Waals surface area (Å²) in [7, 11) is -4.15. The van der Waals surface area contributed by atoms with Gasteiger partial charge in [-0.05, 0) is 0 Å². The molecule has 0 aromatic heterocycles. The lowest BCUT2D eigenvalue weighted by atomic mass is 10.00. The van der Waals surface area contributed by atoms with E-state index in [1.807, 2.05) is 0 Å². The highest BCUT2D eigenvalue weighted by molar-refractivity contribution is 7.87. The Morgan fingerprint density at radius 3 is 2.61 bits per heavy atom. The minimum absolute atomic E-state index is 0.00305. The van der Waals surface area contributed by atoms with Gasteiger partial charge in [0.25, 0.3) is 10.2 Å². The monoisotopic (exact) mass is 289 g/mol. The van der Waals surface area contributed by atoms with E-state index < -0.39 is 22.9 Å². The third kappa shape index (κ3) is 4.10. The van der Waals surface area contributed by atoms with Crippen LogP contribution in [0.5, 0.6) is 0 Å². The van der Waals surface area contributed by atoms with Crippen LogP contribution in [0.4, 0.5) is 13.2 Å². The quantitative estimate of drug-likeness (QED) is 0.588. The van der Waals surface area contributed by atoms with Crippen molar-refractivity contribution in [2.24, 2.45) is 11.1 Å². The molecule has 18 heavy (non-hydrogen) atoms. The molecule has 1 saturated heterocycles. The Kier molecular flexibility index (Phi) is 4.56. The Labute approximate surface area is 103 Å². The number of hydrogen-bond donors (Lipinski definition) is 2. The van der Waals surface area contributed by atoms with E-state index in [4.69, 9.17) is 5.21 Å². The molecular weight excluding hydrogens is 275 g/mol. The van der Waals surface area contributed by atoms with E-state index in [1.54, 1.807) is 6.92 Å². The molecule has 1 heterocycles. The lowest BCUT2D eigenvalue weighted by Gasteiger charge is -2.30. The third-order valence-electron chi connectivity index (χ3n) is 2.59. The second-order valence-electron chi connectivity index (χ2n) is 4.04. The van der Waals surface area contributed by atoms with Gasteiger partial charge in [0.15, 0.2) is 0 Å². The summed E-state index contributed by atoms with van der Waals surface area (Å²) >= 11 is 0. The van der Waals surface area contributed by atoms with E-state index in [-0.39, 0.29) is 25.4 Å². The van der Waals surface area contributed by atoms with Crippen molar-refractivity contribution < 1.29 is 26.8 Å². The maximum absolute atomic E-state index is 11.9. The molecule has 1 fully saturated rings. The highest BCUT2D eigenvalue weighted by atomic mass is 32.2. The van der Waals surface area contributed by atoms with Gasteiger partial charge in [0, 0.05) is 25.4 Å². The average molecular weight is 289 g/mol. The largest absolute Gasteiger partial charge is 0.411 e. The third-order valence-corrected chi connectivity index (χ3v) is 4.11. The minimum Gasteiger partial charge on any atom is -0.411 e. The molecule has 106 valence electrons. The number of halogens is 3. The molecule has 0 radical (unpaired) electrons. The zero-order chi connectivity index (χ0) is 14.0. The van der Waals surface area contributed by atoms with Crippen LogP contribution < -0.4 is 4.72 Å². The number of alkyl halides is 3. The SMILES string of the molecule is CC1CN(S(=O)(=O)NCC(F)(F)F)CCC1=NO. The van der Waals surface area contributed by atoms with Crippen LogP contribution in [0, 0.1) is 5.92 Å². The summed E-state index contributed by atoms with van der Waals surface area (Å²) in [5, 5.41) is 11.6. The summed E-state index contributed by atoms with van der Waals surface area (Å²) in [4.78, 5) is 0. The van der Waals surface area contributed by atoms with Crippen LogP contribution in [-0.4, -0.2) is 49.5 Å². The molecule has 0 aromatic rings. The van der Waals surface area contributed by atoms with E-state index in [0.717, 1.165) is 4.31 Å². The normalized spacial score (nSPS) is 25.6. The number of rotatable bonds is 3. The van der Waals surface area contributed by atoms with E-state index >= 15 is 0 Å². The van der Waals surface area contributed by atoms with Crippen LogP contribution in [0.2, 0.25) is 0 Å². The van der Waals surface area contributed by atoms with Gasteiger partial charge in [-0.25, -0.2) is 0 Å². The van der Waals surface area contributed by atoms with Gasteiger partial charge in [0.2, 0.25) is 0 Å². The fourth-order valence-corrected chi connectivity index (χ4v) is 2.90. The van der Waals surface area contributed by atoms with Crippen molar-refractivity contribution in [1.82, 2.24) is 9.03 Å². The summed E-state index contributed by atoms with van der Waals surface area (Å²) in [5.41, 5.74) is 0.442. The van der Waals surface area contributed by atoms with Crippen LogP contribution in [0.1, 0.15) is 13.3 Å². The standard InChI is InChI=1S/C8H14F3N3O3S/c1-6-4-14(3-2-7(6)13-15)18(16,17)12-5-8(9,10)11/h6,12,15H,2-5H2,1H3. The highest BCUT2D eigenvalue weighted by Crippen LogP contribution is 2.18. The zero-order valence-corrected chi connectivity index (χ0v) is 10.4. The molecule has 1 aliphatic rings. The van der Waals surface area contributed by atoms with Gasteiger partial charge in [-0.2, -0.15) is 30.6 Å².